The summed E-state index contributed by atoms with van der Waals surface area (Å²) >= 11 is 0. The third kappa shape index (κ3) is 2.04. The van der Waals surface area contributed by atoms with Crippen molar-refractivity contribution in [1.29, 1.82) is 0 Å². The van der Waals surface area contributed by atoms with Crippen LogP contribution in [-0.4, -0.2) is 31.3 Å². The van der Waals surface area contributed by atoms with Gasteiger partial charge in [0.15, 0.2) is 0 Å². The molecule has 0 bridgehead atoms. The molecule has 1 aromatic carbocycles. The molecule has 6 heteroatoms. The van der Waals surface area contributed by atoms with Gasteiger partial charge in [0, 0.05) is 6.42 Å². The lowest BCUT2D eigenvalue weighted by Crippen LogP contribution is -2.12. The number of benzene rings is 1. The fourth-order valence-corrected chi connectivity index (χ4v) is 2.14. The molecule has 0 aliphatic rings. The first-order valence-electron chi connectivity index (χ1n) is 6.55. The molecule has 6 nitrogen and oxygen atoms in total. The molecule has 2 aromatic heterocycles. The highest BCUT2D eigenvalue weighted by atomic mass is 15.3. The molecule has 0 aliphatic carbocycles. The second-order valence-electron chi connectivity index (χ2n) is 4.67. The van der Waals surface area contributed by atoms with Gasteiger partial charge in [0.2, 0.25) is 0 Å². The first-order chi connectivity index (χ1) is 9.70. The Morgan fingerprint density at radius 1 is 1.05 bits per heavy atom. The van der Waals surface area contributed by atoms with E-state index in [2.05, 4.69) is 20.2 Å². The van der Waals surface area contributed by atoms with E-state index in [-0.39, 0.29) is 0 Å². The molecule has 20 heavy (non-hydrogen) atoms. The zero-order valence-electron chi connectivity index (χ0n) is 11.5. The Kier molecular flexibility index (Phi) is 3.15. The summed E-state index contributed by atoms with van der Waals surface area (Å²) in [6, 6.07) is 7.91. The summed E-state index contributed by atoms with van der Waals surface area (Å²) in [6.07, 6.45) is 0.672. The van der Waals surface area contributed by atoms with Crippen molar-refractivity contribution in [2.75, 3.05) is 6.54 Å². The number of nitrogens with two attached hydrogens (primary N) is 1. The van der Waals surface area contributed by atoms with Gasteiger partial charge in [-0.15, -0.1) is 5.10 Å². The molecule has 0 atom stereocenters. The maximum Gasteiger partial charge on any atom is 0.255 e. The van der Waals surface area contributed by atoms with Gasteiger partial charge in [-0.2, -0.15) is 5.10 Å². The Balaban J connectivity index is 2.26. The van der Waals surface area contributed by atoms with Crippen LogP contribution in [0, 0.1) is 13.8 Å². The molecular weight excluding hydrogens is 252 g/mol. The second-order valence-corrected chi connectivity index (χ2v) is 4.67. The maximum atomic E-state index is 5.67. The molecule has 0 saturated carbocycles. The predicted octanol–water partition coefficient (Wildman–Crippen LogP) is 1.33. The van der Waals surface area contributed by atoms with Crippen LogP contribution in [0.4, 0.5) is 0 Å². The number of rotatable bonds is 3. The monoisotopic (exact) mass is 268 g/mol. The van der Waals surface area contributed by atoms with Crippen LogP contribution in [0.2, 0.25) is 0 Å². The van der Waals surface area contributed by atoms with Gasteiger partial charge in [-0.3, -0.25) is 4.57 Å². The van der Waals surface area contributed by atoms with E-state index in [1.54, 1.807) is 0 Å². The van der Waals surface area contributed by atoms with Crippen LogP contribution in [0.5, 0.6) is 0 Å². The minimum atomic E-state index is 0.529. The van der Waals surface area contributed by atoms with E-state index >= 15 is 0 Å². The Labute approximate surface area is 116 Å². The van der Waals surface area contributed by atoms with Crippen molar-refractivity contribution in [2.24, 2.45) is 5.73 Å². The number of nitrogens with zero attached hydrogens (tertiary/aromatic N) is 5. The van der Waals surface area contributed by atoms with Crippen molar-refractivity contribution in [3.63, 3.8) is 0 Å². The average Bonchev–Trinajstić information content (AvgIpc) is 2.80. The molecule has 0 aliphatic heterocycles. The standard InChI is InChI=1S/C14H16N6/c1-9-10(2)18-19-14(16-9)20-12-6-4-3-5-11(12)17-13(20)7-8-15/h3-6H,7-8,15H2,1-2H3. The van der Waals surface area contributed by atoms with Crippen LogP contribution in [0.3, 0.4) is 0 Å². The van der Waals surface area contributed by atoms with Crippen LogP contribution in [0.15, 0.2) is 24.3 Å². The van der Waals surface area contributed by atoms with E-state index in [0.29, 0.717) is 18.9 Å². The number of aryl methyl sites for hydroxylation is 2. The zero-order valence-corrected chi connectivity index (χ0v) is 11.5. The third-order valence-electron chi connectivity index (χ3n) is 3.28. The number of hydrogen-bond donors (Lipinski definition) is 1. The molecule has 0 fully saturated rings. The highest BCUT2D eigenvalue weighted by Gasteiger charge is 2.14. The Morgan fingerprint density at radius 2 is 1.85 bits per heavy atom. The average molecular weight is 268 g/mol. The third-order valence-corrected chi connectivity index (χ3v) is 3.28. The normalized spacial score (nSPS) is 11.2. The number of para-hydroxylation sites is 2. The van der Waals surface area contributed by atoms with E-state index in [0.717, 1.165) is 28.2 Å². The molecular formula is C14H16N6. The molecule has 0 spiro atoms. The molecule has 102 valence electrons. The summed E-state index contributed by atoms with van der Waals surface area (Å²) in [4.78, 5) is 9.12. The Hall–Kier alpha value is -2.34. The zero-order chi connectivity index (χ0) is 14.1. The second kappa shape index (κ2) is 4.97. The van der Waals surface area contributed by atoms with Gasteiger partial charge in [-0.25, -0.2) is 9.97 Å². The maximum absolute atomic E-state index is 5.67. The fraction of sp³-hybridized carbons (Fsp3) is 0.286. The van der Waals surface area contributed by atoms with Gasteiger partial charge in [-0.1, -0.05) is 12.1 Å². The van der Waals surface area contributed by atoms with Crippen LogP contribution in [0.25, 0.3) is 17.0 Å². The summed E-state index contributed by atoms with van der Waals surface area (Å²) in [5.41, 5.74) is 9.26. The molecule has 0 unspecified atom stereocenters. The topological polar surface area (TPSA) is 82.5 Å². The van der Waals surface area contributed by atoms with Crippen molar-refractivity contribution in [3.05, 3.63) is 41.5 Å². The molecule has 0 amide bonds. The van der Waals surface area contributed by atoms with Gasteiger partial charge < -0.3 is 5.73 Å². The predicted molar refractivity (Wildman–Crippen MR) is 76.7 cm³/mol. The number of fused-ring (bicyclic) bond motifs is 1. The molecule has 3 aromatic rings. The summed E-state index contributed by atoms with van der Waals surface area (Å²) in [7, 11) is 0. The van der Waals surface area contributed by atoms with Crippen molar-refractivity contribution in [2.45, 2.75) is 20.3 Å². The summed E-state index contributed by atoms with van der Waals surface area (Å²) in [6.45, 7) is 4.35. The van der Waals surface area contributed by atoms with Gasteiger partial charge >= 0.3 is 0 Å². The first kappa shape index (κ1) is 12.7. The van der Waals surface area contributed by atoms with Crippen molar-refractivity contribution >= 4 is 11.0 Å². The van der Waals surface area contributed by atoms with Crippen LogP contribution in [0.1, 0.15) is 17.2 Å². The smallest absolute Gasteiger partial charge is 0.255 e. The lowest BCUT2D eigenvalue weighted by molar-refractivity contribution is 0.773. The lowest BCUT2D eigenvalue weighted by Gasteiger charge is -2.07. The van der Waals surface area contributed by atoms with E-state index in [1.165, 1.54) is 0 Å². The molecule has 2 N–H and O–H groups in total. The van der Waals surface area contributed by atoms with Crippen LogP contribution < -0.4 is 5.73 Å². The lowest BCUT2D eigenvalue weighted by atomic mass is 10.3. The van der Waals surface area contributed by atoms with Gasteiger partial charge in [0.25, 0.3) is 5.95 Å². The highest BCUT2D eigenvalue weighted by molar-refractivity contribution is 5.77. The van der Waals surface area contributed by atoms with Gasteiger partial charge in [0.05, 0.1) is 22.4 Å². The van der Waals surface area contributed by atoms with Crippen LogP contribution >= 0.6 is 0 Å². The fourth-order valence-electron chi connectivity index (χ4n) is 2.14. The van der Waals surface area contributed by atoms with Crippen LogP contribution in [-0.2, 0) is 6.42 Å². The quantitative estimate of drug-likeness (QED) is 0.774. The summed E-state index contributed by atoms with van der Waals surface area (Å²) < 4.78 is 1.93. The largest absolute Gasteiger partial charge is 0.330 e. The first-order valence-corrected chi connectivity index (χ1v) is 6.55. The number of aromatic nitrogens is 5. The Morgan fingerprint density at radius 3 is 2.60 bits per heavy atom. The van der Waals surface area contributed by atoms with E-state index in [4.69, 9.17) is 5.73 Å². The van der Waals surface area contributed by atoms with Gasteiger partial charge in [-0.05, 0) is 32.5 Å². The van der Waals surface area contributed by atoms with Crippen molar-refractivity contribution in [3.8, 4) is 5.95 Å². The van der Waals surface area contributed by atoms with Gasteiger partial charge in [0.1, 0.15) is 5.82 Å². The van der Waals surface area contributed by atoms with E-state index in [1.807, 2.05) is 42.7 Å². The van der Waals surface area contributed by atoms with E-state index in [9.17, 15) is 0 Å². The minimum absolute atomic E-state index is 0.529. The minimum Gasteiger partial charge on any atom is -0.330 e. The molecule has 0 radical (unpaired) electrons. The van der Waals surface area contributed by atoms with E-state index < -0.39 is 0 Å². The molecule has 2 heterocycles. The Bertz CT molecular complexity index is 761. The van der Waals surface area contributed by atoms with Crippen molar-refractivity contribution in [1.82, 2.24) is 24.7 Å². The highest BCUT2D eigenvalue weighted by Crippen LogP contribution is 2.19. The molecule has 0 saturated heterocycles. The molecule has 3 rings (SSSR count). The number of hydrogen-bond acceptors (Lipinski definition) is 5. The summed E-state index contributed by atoms with van der Waals surface area (Å²) in [5.74, 6) is 1.41. The van der Waals surface area contributed by atoms with Crippen molar-refractivity contribution < 1.29 is 0 Å². The number of imidazole rings is 1. The SMILES string of the molecule is Cc1nnc(-n2c(CCN)nc3ccccc32)nc1C. The summed E-state index contributed by atoms with van der Waals surface area (Å²) in [5, 5.41) is 8.35.